The summed E-state index contributed by atoms with van der Waals surface area (Å²) < 4.78 is 28.3. The number of carbonyl (C=O) groups is 2. The summed E-state index contributed by atoms with van der Waals surface area (Å²) in [5, 5.41) is 15.0. The lowest BCUT2D eigenvalue weighted by Crippen LogP contribution is -2.15. The molecular formula is C13H11F2N3O3. The highest BCUT2D eigenvalue weighted by Crippen LogP contribution is 2.20. The third kappa shape index (κ3) is 2.88. The molecular weight excluding hydrogens is 284 g/mol. The van der Waals surface area contributed by atoms with Gasteiger partial charge >= 0.3 is 5.97 Å². The lowest BCUT2D eigenvalue weighted by atomic mass is 10.1. The molecule has 2 aromatic rings. The molecule has 0 spiro atoms. The van der Waals surface area contributed by atoms with Crippen molar-refractivity contribution < 1.29 is 23.5 Å². The average molecular weight is 295 g/mol. The van der Waals surface area contributed by atoms with Crippen LogP contribution in [-0.2, 0) is 7.05 Å². The summed E-state index contributed by atoms with van der Waals surface area (Å²) in [7, 11) is 1.62. The van der Waals surface area contributed by atoms with Gasteiger partial charge in [-0.15, -0.1) is 0 Å². The minimum atomic E-state index is -1.56. The maximum Gasteiger partial charge on any atom is 0.338 e. The van der Waals surface area contributed by atoms with E-state index in [1.165, 1.54) is 10.9 Å². The standard InChI is InChI=1S/C13H11F2N3O3/c1-6-8(5-18(2)17-6)12(19)16-11-3-7(13(20)21)9(14)4-10(11)15/h3-5H,1-2H3,(H,16,19)(H,20,21). The van der Waals surface area contributed by atoms with Gasteiger partial charge in [-0.05, 0) is 13.0 Å². The Balaban J connectivity index is 2.35. The van der Waals surface area contributed by atoms with Gasteiger partial charge in [-0.2, -0.15) is 5.10 Å². The summed E-state index contributed by atoms with van der Waals surface area (Å²) >= 11 is 0. The third-order valence-corrected chi connectivity index (χ3v) is 2.79. The zero-order chi connectivity index (χ0) is 15.7. The number of aromatic carboxylic acids is 1. The van der Waals surface area contributed by atoms with E-state index in [4.69, 9.17) is 5.11 Å². The number of carbonyl (C=O) groups excluding carboxylic acids is 1. The topological polar surface area (TPSA) is 84.2 Å². The van der Waals surface area contributed by atoms with Gasteiger partial charge in [-0.25, -0.2) is 13.6 Å². The molecule has 110 valence electrons. The highest BCUT2D eigenvalue weighted by Gasteiger charge is 2.18. The molecule has 0 aliphatic rings. The van der Waals surface area contributed by atoms with Crippen LogP contribution in [0.1, 0.15) is 26.4 Å². The van der Waals surface area contributed by atoms with Gasteiger partial charge in [0.15, 0.2) is 0 Å². The van der Waals surface area contributed by atoms with E-state index >= 15 is 0 Å². The monoisotopic (exact) mass is 295 g/mol. The molecule has 2 N–H and O–H groups in total. The minimum Gasteiger partial charge on any atom is -0.478 e. The van der Waals surface area contributed by atoms with Crippen molar-refractivity contribution in [3.8, 4) is 0 Å². The normalized spacial score (nSPS) is 10.5. The molecule has 1 aromatic carbocycles. The van der Waals surface area contributed by atoms with E-state index in [9.17, 15) is 18.4 Å². The smallest absolute Gasteiger partial charge is 0.338 e. The van der Waals surface area contributed by atoms with Crippen LogP contribution in [0.25, 0.3) is 0 Å². The number of halogens is 2. The van der Waals surface area contributed by atoms with Gasteiger partial charge in [0.05, 0.1) is 22.5 Å². The molecule has 0 unspecified atom stereocenters. The molecule has 1 aromatic heterocycles. The van der Waals surface area contributed by atoms with Gasteiger partial charge in [-0.3, -0.25) is 9.48 Å². The van der Waals surface area contributed by atoms with Crippen LogP contribution < -0.4 is 5.32 Å². The molecule has 1 amide bonds. The van der Waals surface area contributed by atoms with Crippen LogP contribution >= 0.6 is 0 Å². The molecule has 0 atom stereocenters. The summed E-state index contributed by atoms with van der Waals surface area (Å²) in [6, 6.07) is 1.14. The first kappa shape index (κ1) is 14.6. The Morgan fingerprint density at radius 3 is 2.43 bits per heavy atom. The molecule has 1 heterocycles. The second kappa shape index (κ2) is 5.31. The lowest BCUT2D eigenvalue weighted by Gasteiger charge is -2.07. The van der Waals surface area contributed by atoms with E-state index in [1.54, 1.807) is 14.0 Å². The number of amides is 1. The van der Waals surface area contributed by atoms with E-state index in [0.717, 1.165) is 6.07 Å². The van der Waals surface area contributed by atoms with Crippen LogP contribution in [0.15, 0.2) is 18.3 Å². The largest absolute Gasteiger partial charge is 0.478 e. The Hall–Kier alpha value is -2.77. The predicted molar refractivity (Wildman–Crippen MR) is 69.2 cm³/mol. The Labute approximate surface area is 118 Å². The van der Waals surface area contributed by atoms with Crippen molar-refractivity contribution in [2.24, 2.45) is 7.05 Å². The second-order valence-corrected chi connectivity index (χ2v) is 4.37. The maximum absolute atomic E-state index is 13.6. The van der Waals surface area contributed by atoms with E-state index < -0.39 is 34.8 Å². The van der Waals surface area contributed by atoms with Gasteiger partial charge < -0.3 is 10.4 Å². The van der Waals surface area contributed by atoms with E-state index in [2.05, 4.69) is 10.4 Å². The first-order chi connectivity index (χ1) is 9.79. The van der Waals surface area contributed by atoms with Crippen LogP contribution in [-0.4, -0.2) is 26.8 Å². The molecule has 2 rings (SSSR count). The van der Waals surface area contributed by atoms with Crippen molar-refractivity contribution in [3.63, 3.8) is 0 Å². The lowest BCUT2D eigenvalue weighted by molar-refractivity contribution is 0.0691. The summed E-state index contributed by atoms with van der Waals surface area (Å²) in [6.45, 7) is 1.60. The number of carboxylic acid groups (broad SMARTS) is 1. The van der Waals surface area contributed by atoms with Crippen LogP contribution in [0.5, 0.6) is 0 Å². The molecule has 0 saturated heterocycles. The fourth-order valence-corrected chi connectivity index (χ4v) is 1.82. The zero-order valence-electron chi connectivity index (χ0n) is 11.1. The second-order valence-electron chi connectivity index (χ2n) is 4.37. The number of hydrogen-bond donors (Lipinski definition) is 2. The van der Waals surface area contributed by atoms with E-state index in [-0.39, 0.29) is 5.56 Å². The zero-order valence-corrected chi connectivity index (χ0v) is 11.1. The molecule has 0 aliphatic heterocycles. The summed E-state index contributed by atoms with van der Waals surface area (Å²) in [6.07, 6.45) is 1.43. The third-order valence-electron chi connectivity index (χ3n) is 2.79. The van der Waals surface area contributed by atoms with Crippen LogP contribution in [0, 0.1) is 18.6 Å². The Morgan fingerprint density at radius 2 is 1.90 bits per heavy atom. The summed E-state index contributed by atoms with van der Waals surface area (Å²) in [5.41, 5.74) is -0.509. The predicted octanol–water partition coefficient (Wildman–Crippen LogP) is 1.96. The quantitative estimate of drug-likeness (QED) is 0.906. The first-order valence-corrected chi connectivity index (χ1v) is 5.83. The maximum atomic E-state index is 13.6. The van der Waals surface area contributed by atoms with Crippen molar-refractivity contribution in [2.45, 2.75) is 6.92 Å². The highest BCUT2D eigenvalue weighted by atomic mass is 19.1. The van der Waals surface area contributed by atoms with Crippen molar-refractivity contribution in [3.05, 3.63) is 46.8 Å². The number of aryl methyl sites for hydroxylation is 2. The number of anilines is 1. The molecule has 21 heavy (non-hydrogen) atoms. The van der Waals surface area contributed by atoms with Crippen LogP contribution in [0.2, 0.25) is 0 Å². The summed E-state index contributed by atoms with van der Waals surface area (Å²) in [5.74, 6) is -4.49. The molecule has 0 fully saturated rings. The van der Waals surface area contributed by atoms with Gasteiger partial charge in [0, 0.05) is 19.3 Å². The van der Waals surface area contributed by atoms with Gasteiger partial charge in [0.1, 0.15) is 11.6 Å². The number of carboxylic acids is 1. The Kier molecular flexibility index (Phi) is 3.70. The molecule has 0 radical (unpaired) electrons. The van der Waals surface area contributed by atoms with Gasteiger partial charge in [0.25, 0.3) is 5.91 Å². The molecule has 0 saturated carbocycles. The number of aromatic nitrogens is 2. The SMILES string of the molecule is Cc1nn(C)cc1C(=O)Nc1cc(C(=O)O)c(F)cc1F. The van der Waals surface area contributed by atoms with Crippen LogP contribution in [0.3, 0.4) is 0 Å². The average Bonchev–Trinajstić information content (AvgIpc) is 2.71. The van der Waals surface area contributed by atoms with E-state index in [1.807, 2.05) is 0 Å². The molecule has 0 bridgehead atoms. The fraction of sp³-hybridized carbons (Fsp3) is 0.154. The number of nitrogens with zero attached hydrogens (tertiary/aromatic N) is 2. The fourth-order valence-electron chi connectivity index (χ4n) is 1.82. The van der Waals surface area contributed by atoms with Crippen molar-refractivity contribution in [1.29, 1.82) is 0 Å². The minimum absolute atomic E-state index is 0.207. The first-order valence-electron chi connectivity index (χ1n) is 5.83. The van der Waals surface area contributed by atoms with Crippen molar-refractivity contribution in [2.75, 3.05) is 5.32 Å². The highest BCUT2D eigenvalue weighted by molar-refractivity contribution is 6.05. The van der Waals surface area contributed by atoms with Crippen molar-refractivity contribution >= 4 is 17.6 Å². The van der Waals surface area contributed by atoms with Gasteiger partial charge in [-0.1, -0.05) is 0 Å². The van der Waals surface area contributed by atoms with Crippen molar-refractivity contribution in [1.82, 2.24) is 9.78 Å². The van der Waals surface area contributed by atoms with E-state index in [0.29, 0.717) is 11.8 Å². The number of nitrogens with one attached hydrogen (secondary N) is 1. The number of rotatable bonds is 3. The van der Waals surface area contributed by atoms with Crippen LogP contribution in [0.4, 0.5) is 14.5 Å². The molecule has 0 aliphatic carbocycles. The summed E-state index contributed by atoms with van der Waals surface area (Å²) in [4.78, 5) is 22.8. The van der Waals surface area contributed by atoms with Gasteiger partial charge in [0.2, 0.25) is 0 Å². The Bertz CT molecular complexity index is 741. The number of benzene rings is 1. The molecule has 6 nitrogen and oxygen atoms in total. The number of hydrogen-bond acceptors (Lipinski definition) is 3. The Morgan fingerprint density at radius 1 is 1.24 bits per heavy atom. The molecule has 8 heteroatoms.